The molecule has 2 aromatic heterocycles. The summed E-state index contributed by atoms with van der Waals surface area (Å²) in [5.41, 5.74) is 3.79. The van der Waals surface area contributed by atoms with Gasteiger partial charge in [0.15, 0.2) is 5.13 Å². The van der Waals surface area contributed by atoms with Crippen LogP contribution in [0.2, 0.25) is 0 Å². The van der Waals surface area contributed by atoms with Crippen molar-refractivity contribution in [3.8, 4) is 17.0 Å². The molecule has 4 rings (SSSR count). The number of hydrogen-bond donors (Lipinski definition) is 1. The third-order valence-electron chi connectivity index (χ3n) is 4.01. The number of anilines is 1. The van der Waals surface area contributed by atoms with Gasteiger partial charge < -0.3 is 4.74 Å². The van der Waals surface area contributed by atoms with Crippen molar-refractivity contribution in [1.29, 1.82) is 0 Å². The first-order valence-electron chi connectivity index (χ1n) is 8.02. The maximum absolute atomic E-state index is 12.4. The van der Waals surface area contributed by atoms with E-state index in [1.807, 2.05) is 24.4 Å². The van der Waals surface area contributed by atoms with Gasteiger partial charge in [-0.2, -0.15) is 0 Å². The number of amides is 1. The molecule has 1 aromatic carbocycles. The van der Waals surface area contributed by atoms with Crippen molar-refractivity contribution < 1.29 is 9.53 Å². The van der Waals surface area contributed by atoms with Gasteiger partial charge in [0.1, 0.15) is 16.7 Å². The molecule has 128 valence electrons. The summed E-state index contributed by atoms with van der Waals surface area (Å²) in [5.74, 6) is 0.744. The zero-order valence-corrected chi connectivity index (χ0v) is 15.4. The van der Waals surface area contributed by atoms with Gasteiger partial charge in [0, 0.05) is 17.4 Å². The predicted octanol–water partition coefficient (Wildman–Crippen LogP) is 3.80. The highest BCUT2D eigenvalue weighted by molar-refractivity contribution is 7.14. The van der Waals surface area contributed by atoms with Crippen molar-refractivity contribution in [3.05, 3.63) is 39.7 Å². The highest BCUT2D eigenvalue weighted by Gasteiger charge is 2.20. The zero-order valence-electron chi connectivity index (χ0n) is 13.8. The van der Waals surface area contributed by atoms with Crippen molar-refractivity contribution in [2.75, 3.05) is 5.32 Å². The Morgan fingerprint density at radius 2 is 2.32 bits per heavy atom. The molecule has 3 heterocycles. The number of ether oxygens (including phenoxy) is 1. The van der Waals surface area contributed by atoms with Crippen LogP contribution in [0.4, 0.5) is 5.13 Å². The summed E-state index contributed by atoms with van der Waals surface area (Å²) in [7, 11) is 0. The van der Waals surface area contributed by atoms with Gasteiger partial charge in [0.2, 0.25) is 0 Å². The normalized spacial score (nSPS) is 15.7. The van der Waals surface area contributed by atoms with Crippen LogP contribution in [0.25, 0.3) is 11.3 Å². The second-order valence-corrected chi connectivity index (χ2v) is 7.46. The molecular formula is C17H16N4O2S2. The third-order valence-corrected chi connectivity index (χ3v) is 5.54. The largest absolute Gasteiger partial charge is 0.490 e. The second kappa shape index (κ2) is 6.53. The maximum atomic E-state index is 12.4. The van der Waals surface area contributed by atoms with E-state index < -0.39 is 0 Å². The molecule has 1 aliphatic rings. The molecule has 0 spiro atoms. The SMILES string of the molecule is CCc1nnsc1C(=O)Nc1nc(-c2ccc3c(c2)CC(C)O3)cs1. The van der Waals surface area contributed by atoms with Crippen LogP contribution in [0.5, 0.6) is 5.75 Å². The fraction of sp³-hybridized carbons (Fsp3) is 0.294. The zero-order chi connectivity index (χ0) is 17.4. The average Bonchev–Trinajstić information content (AvgIpc) is 3.31. The van der Waals surface area contributed by atoms with Crippen LogP contribution in [0.1, 0.15) is 34.8 Å². The number of benzene rings is 1. The molecular weight excluding hydrogens is 356 g/mol. The number of thiazole rings is 1. The van der Waals surface area contributed by atoms with E-state index in [1.165, 1.54) is 16.9 Å². The fourth-order valence-electron chi connectivity index (χ4n) is 2.81. The number of rotatable bonds is 4. The molecule has 1 amide bonds. The summed E-state index contributed by atoms with van der Waals surface area (Å²) < 4.78 is 9.58. The Kier molecular flexibility index (Phi) is 4.22. The number of aromatic nitrogens is 3. The van der Waals surface area contributed by atoms with Gasteiger partial charge in [-0.15, -0.1) is 16.4 Å². The Balaban J connectivity index is 1.53. The van der Waals surface area contributed by atoms with Crippen LogP contribution in [-0.4, -0.2) is 26.6 Å². The van der Waals surface area contributed by atoms with Gasteiger partial charge >= 0.3 is 0 Å². The quantitative estimate of drug-likeness (QED) is 0.754. The van der Waals surface area contributed by atoms with Crippen molar-refractivity contribution in [3.63, 3.8) is 0 Å². The second-order valence-electron chi connectivity index (χ2n) is 5.85. The molecule has 6 nitrogen and oxygen atoms in total. The summed E-state index contributed by atoms with van der Waals surface area (Å²) in [6.45, 7) is 4.02. The Labute approximate surface area is 153 Å². The highest BCUT2D eigenvalue weighted by Crippen LogP contribution is 2.34. The lowest BCUT2D eigenvalue weighted by Crippen LogP contribution is -2.12. The number of carbonyl (C=O) groups excluding carboxylic acids is 1. The Morgan fingerprint density at radius 1 is 1.44 bits per heavy atom. The molecule has 25 heavy (non-hydrogen) atoms. The number of aryl methyl sites for hydroxylation is 1. The van der Waals surface area contributed by atoms with E-state index in [0.29, 0.717) is 22.1 Å². The average molecular weight is 372 g/mol. The van der Waals surface area contributed by atoms with Crippen LogP contribution >= 0.6 is 22.9 Å². The standard InChI is InChI=1S/C17H16N4O2S2/c1-3-12-15(25-21-20-12)16(22)19-17-18-13(8-24-17)10-4-5-14-11(7-10)6-9(2)23-14/h4-5,7-9H,3,6H2,1-2H3,(H,18,19,22). The van der Waals surface area contributed by atoms with Crippen LogP contribution in [0.3, 0.4) is 0 Å². The van der Waals surface area contributed by atoms with E-state index in [1.54, 1.807) is 0 Å². The van der Waals surface area contributed by atoms with Gasteiger partial charge in [0.05, 0.1) is 11.4 Å². The minimum Gasteiger partial charge on any atom is -0.490 e. The molecule has 0 fully saturated rings. The maximum Gasteiger partial charge on any atom is 0.271 e. The van der Waals surface area contributed by atoms with E-state index in [9.17, 15) is 4.79 Å². The van der Waals surface area contributed by atoms with Crippen LogP contribution < -0.4 is 10.1 Å². The molecule has 0 bridgehead atoms. The summed E-state index contributed by atoms with van der Waals surface area (Å²) in [6, 6.07) is 6.10. The van der Waals surface area contributed by atoms with Gasteiger partial charge in [-0.1, -0.05) is 11.4 Å². The smallest absolute Gasteiger partial charge is 0.271 e. The summed E-state index contributed by atoms with van der Waals surface area (Å²) in [5, 5.41) is 9.33. The lowest BCUT2D eigenvalue weighted by molar-refractivity contribution is 0.102. The number of nitrogens with one attached hydrogen (secondary N) is 1. The van der Waals surface area contributed by atoms with E-state index >= 15 is 0 Å². The van der Waals surface area contributed by atoms with Crippen LogP contribution in [0.15, 0.2) is 23.6 Å². The molecule has 0 saturated carbocycles. The number of nitrogens with zero attached hydrogens (tertiary/aromatic N) is 3. The monoisotopic (exact) mass is 372 g/mol. The number of fused-ring (bicyclic) bond motifs is 1. The van der Waals surface area contributed by atoms with Crippen molar-refractivity contribution in [2.45, 2.75) is 32.8 Å². The van der Waals surface area contributed by atoms with Crippen LogP contribution in [0, 0.1) is 0 Å². The van der Waals surface area contributed by atoms with Crippen molar-refractivity contribution >= 4 is 33.9 Å². The Bertz CT molecular complexity index is 934. The first-order chi connectivity index (χ1) is 12.1. The molecule has 1 unspecified atom stereocenters. The first kappa shape index (κ1) is 16.2. The van der Waals surface area contributed by atoms with Gasteiger partial charge in [-0.05, 0) is 48.6 Å². The van der Waals surface area contributed by atoms with Gasteiger partial charge in [-0.3, -0.25) is 10.1 Å². The van der Waals surface area contributed by atoms with E-state index in [0.717, 1.165) is 35.0 Å². The number of carbonyl (C=O) groups is 1. The molecule has 1 N–H and O–H groups in total. The lowest BCUT2D eigenvalue weighted by atomic mass is 10.1. The fourth-order valence-corrected chi connectivity index (χ4v) is 4.17. The van der Waals surface area contributed by atoms with E-state index in [2.05, 4.69) is 32.9 Å². The lowest BCUT2D eigenvalue weighted by Gasteiger charge is -2.03. The highest BCUT2D eigenvalue weighted by atomic mass is 32.1. The van der Waals surface area contributed by atoms with Crippen LogP contribution in [-0.2, 0) is 12.8 Å². The third kappa shape index (κ3) is 3.14. The summed E-state index contributed by atoms with van der Waals surface area (Å²) in [6.07, 6.45) is 1.81. The Hall–Kier alpha value is -2.32. The van der Waals surface area contributed by atoms with Crippen molar-refractivity contribution in [1.82, 2.24) is 14.6 Å². The molecule has 0 saturated heterocycles. The molecule has 0 radical (unpaired) electrons. The number of hydrogen-bond acceptors (Lipinski definition) is 7. The molecule has 3 aromatic rings. The minimum atomic E-state index is -0.205. The first-order valence-corrected chi connectivity index (χ1v) is 9.67. The van der Waals surface area contributed by atoms with Gasteiger partial charge in [-0.25, -0.2) is 4.98 Å². The molecule has 1 atom stereocenters. The summed E-state index contributed by atoms with van der Waals surface area (Å²) >= 11 is 2.51. The molecule has 1 aliphatic heterocycles. The Morgan fingerprint density at radius 3 is 3.16 bits per heavy atom. The summed E-state index contributed by atoms with van der Waals surface area (Å²) in [4.78, 5) is 17.4. The predicted molar refractivity (Wildman–Crippen MR) is 98.6 cm³/mol. The van der Waals surface area contributed by atoms with E-state index in [4.69, 9.17) is 4.74 Å². The van der Waals surface area contributed by atoms with Gasteiger partial charge in [0.25, 0.3) is 5.91 Å². The topological polar surface area (TPSA) is 77.0 Å². The molecule has 0 aliphatic carbocycles. The molecule has 8 heteroatoms. The minimum absolute atomic E-state index is 0.205. The van der Waals surface area contributed by atoms with E-state index in [-0.39, 0.29) is 12.0 Å². The van der Waals surface area contributed by atoms with Crippen molar-refractivity contribution in [2.24, 2.45) is 0 Å².